The maximum Gasteiger partial charge on any atom is 0.338 e. The minimum Gasteiger partial charge on any atom is -0.452 e. The normalized spacial score (nSPS) is 10.9. The van der Waals surface area contributed by atoms with Crippen molar-refractivity contribution in [3.05, 3.63) is 75.6 Å². The highest BCUT2D eigenvalue weighted by atomic mass is 35.5. The number of nitrogens with one attached hydrogen (secondary N) is 2. The molecule has 2 aromatic carbocycles. The predicted octanol–water partition coefficient (Wildman–Crippen LogP) is 2.65. The number of carbonyl (C=O) groups is 2. The van der Waals surface area contributed by atoms with E-state index < -0.39 is 44.1 Å². The smallest absolute Gasteiger partial charge is 0.338 e. The van der Waals surface area contributed by atoms with Crippen LogP contribution in [0.1, 0.15) is 10.4 Å². The Hall–Kier alpha value is -3.35. The van der Waals surface area contributed by atoms with Crippen LogP contribution in [-0.4, -0.2) is 38.4 Å². The molecule has 0 fully saturated rings. The van der Waals surface area contributed by atoms with E-state index in [1.807, 2.05) is 0 Å². The summed E-state index contributed by atoms with van der Waals surface area (Å²) < 4.78 is 44.9. The van der Waals surface area contributed by atoms with Crippen LogP contribution in [0.5, 0.6) is 0 Å². The van der Waals surface area contributed by atoms with E-state index in [2.05, 4.69) is 16.6 Å². The molecule has 0 unspecified atom stereocenters. The van der Waals surface area contributed by atoms with Crippen LogP contribution in [0.2, 0.25) is 5.02 Å². The van der Waals surface area contributed by atoms with Crippen LogP contribution < -0.4 is 10.0 Å². The molecule has 0 heterocycles. The van der Waals surface area contributed by atoms with Gasteiger partial charge in [0, 0.05) is 18.7 Å². The lowest BCUT2D eigenvalue weighted by Crippen LogP contribution is -2.25. The molecule has 0 radical (unpaired) electrons. The third-order valence-corrected chi connectivity index (χ3v) is 5.41. The number of benzene rings is 2. The second-order valence-corrected chi connectivity index (χ2v) is 7.97. The number of nitro groups is 1. The Morgan fingerprint density at radius 1 is 1.26 bits per heavy atom. The number of halogens is 2. The number of hydrogen-bond donors (Lipinski definition) is 2. The molecule has 0 bridgehead atoms. The molecule has 2 aromatic rings. The molecule has 2 rings (SSSR count). The summed E-state index contributed by atoms with van der Waals surface area (Å²) >= 11 is 5.87. The van der Waals surface area contributed by atoms with Crippen LogP contribution in [0.4, 0.5) is 15.8 Å². The Morgan fingerprint density at radius 3 is 2.61 bits per heavy atom. The summed E-state index contributed by atoms with van der Waals surface area (Å²) in [4.78, 5) is 33.5. The number of non-ortho nitro benzene ring substituents is 1. The first kappa shape index (κ1) is 23.9. The summed E-state index contributed by atoms with van der Waals surface area (Å²) in [5.41, 5.74) is -0.705. The molecular formula is C18H15ClFN3O7S. The monoisotopic (exact) mass is 471 g/mol. The zero-order valence-corrected chi connectivity index (χ0v) is 17.2. The van der Waals surface area contributed by atoms with Gasteiger partial charge in [0.25, 0.3) is 11.6 Å². The number of nitro benzene ring substituents is 1. The van der Waals surface area contributed by atoms with Crippen molar-refractivity contribution in [2.24, 2.45) is 0 Å². The van der Waals surface area contributed by atoms with Gasteiger partial charge in [-0.1, -0.05) is 17.7 Å². The molecule has 0 saturated carbocycles. The average molecular weight is 472 g/mol. The molecule has 0 atom stereocenters. The van der Waals surface area contributed by atoms with Gasteiger partial charge in [0.05, 0.1) is 21.2 Å². The van der Waals surface area contributed by atoms with E-state index in [0.717, 1.165) is 30.3 Å². The van der Waals surface area contributed by atoms with Crippen LogP contribution in [0.15, 0.2) is 53.9 Å². The number of esters is 1. The fourth-order valence-electron chi connectivity index (χ4n) is 2.21. The molecule has 0 aliphatic carbocycles. The molecule has 0 spiro atoms. The van der Waals surface area contributed by atoms with Crippen LogP contribution in [0, 0.1) is 15.9 Å². The Morgan fingerprint density at radius 2 is 1.97 bits per heavy atom. The second-order valence-electron chi connectivity index (χ2n) is 5.83. The van der Waals surface area contributed by atoms with E-state index in [0.29, 0.717) is 0 Å². The maximum atomic E-state index is 13.9. The van der Waals surface area contributed by atoms with Crippen LogP contribution in [0.25, 0.3) is 0 Å². The Bertz CT molecular complexity index is 1150. The third-order valence-electron chi connectivity index (χ3n) is 3.64. The van der Waals surface area contributed by atoms with Gasteiger partial charge in [0.2, 0.25) is 10.0 Å². The molecule has 2 N–H and O–H groups in total. The van der Waals surface area contributed by atoms with E-state index >= 15 is 0 Å². The molecular weight excluding hydrogens is 457 g/mol. The molecule has 31 heavy (non-hydrogen) atoms. The first-order valence-electron chi connectivity index (χ1n) is 8.36. The Labute approximate surface area is 180 Å². The van der Waals surface area contributed by atoms with Crippen LogP contribution in [-0.2, 0) is 19.6 Å². The van der Waals surface area contributed by atoms with Gasteiger partial charge in [-0.3, -0.25) is 14.9 Å². The number of sulfonamides is 1. The number of ether oxygens (including phenoxy) is 1. The van der Waals surface area contributed by atoms with Crippen molar-refractivity contribution >= 4 is 44.9 Å². The number of carbonyl (C=O) groups excluding carboxylic acids is 2. The number of anilines is 1. The summed E-state index contributed by atoms with van der Waals surface area (Å²) in [6, 6.07) is 5.89. The zero-order valence-electron chi connectivity index (χ0n) is 15.6. The van der Waals surface area contributed by atoms with Crippen molar-refractivity contribution in [1.82, 2.24) is 4.72 Å². The van der Waals surface area contributed by atoms with Crippen LogP contribution in [0.3, 0.4) is 0 Å². The maximum absolute atomic E-state index is 13.9. The first-order chi connectivity index (χ1) is 14.5. The van der Waals surface area contributed by atoms with Crippen molar-refractivity contribution in [1.29, 1.82) is 0 Å². The Balaban J connectivity index is 2.08. The number of rotatable bonds is 9. The van der Waals surface area contributed by atoms with Gasteiger partial charge in [-0.15, -0.1) is 6.58 Å². The van der Waals surface area contributed by atoms with Gasteiger partial charge in [-0.25, -0.2) is 22.3 Å². The van der Waals surface area contributed by atoms with Gasteiger partial charge in [0.1, 0.15) is 10.7 Å². The summed E-state index contributed by atoms with van der Waals surface area (Å²) in [5, 5.41) is 13.1. The molecule has 0 aliphatic heterocycles. The molecule has 164 valence electrons. The van der Waals surface area contributed by atoms with Gasteiger partial charge >= 0.3 is 5.97 Å². The van der Waals surface area contributed by atoms with Gasteiger partial charge < -0.3 is 10.1 Å². The van der Waals surface area contributed by atoms with Crippen molar-refractivity contribution in [2.45, 2.75) is 4.90 Å². The molecule has 0 aromatic heterocycles. The number of hydrogen-bond acceptors (Lipinski definition) is 7. The van der Waals surface area contributed by atoms with Crippen molar-refractivity contribution in [3.63, 3.8) is 0 Å². The minimum absolute atomic E-state index is 0.0192. The lowest BCUT2D eigenvalue weighted by Gasteiger charge is -2.10. The standard InChI is InChI=1S/C18H15ClFN3O7S/c1-2-7-21-31(28,29)16-8-11(3-6-14(16)20)18(25)30-10-17(24)22-15-9-12(23(26)27)4-5-13(15)19/h2-6,8-9,21H,1,7,10H2,(H,22,24). The van der Waals surface area contributed by atoms with Crippen LogP contribution >= 0.6 is 11.6 Å². The fourth-order valence-corrected chi connectivity index (χ4v) is 3.47. The lowest BCUT2D eigenvalue weighted by atomic mass is 10.2. The first-order valence-corrected chi connectivity index (χ1v) is 10.2. The highest BCUT2D eigenvalue weighted by molar-refractivity contribution is 7.89. The largest absolute Gasteiger partial charge is 0.452 e. The van der Waals surface area contributed by atoms with Gasteiger partial charge in [0.15, 0.2) is 6.61 Å². The minimum atomic E-state index is -4.25. The van der Waals surface area contributed by atoms with E-state index in [1.165, 1.54) is 12.1 Å². The average Bonchev–Trinajstić information content (AvgIpc) is 2.72. The SMILES string of the molecule is C=CCNS(=O)(=O)c1cc(C(=O)OCC(=O)Nc2cc([N+](=O)[O-])ccc2Cl)ccc1F. The summed E-state index contributed by atoms with van der Waals surface area (Å²) in [5.74, 6) is -3.05. The second kappa shape index (κ2) is 10.1. The van der Waals surface area contributed by atoms with Crippen molar-refractivity contribution in [2.75, 3.05) is 18.5 Å². The molecule has 1 amide bonds. The highest BCUT2D eigenvalue weighted by Gasteiger charge is 2.21. The number of nitrogens with zero attached hydrogens (tertiary/aromatic N) is 1. The predicted molar refractivity (Wildman–Crippen MR) is 109 cm³/mol. The summed E-state index contributed by atoms with van der Waals surface area (Å²) in [6.45, 7) is 2.37. The molecule has 0 aliphatic rings. The lowest BCUT2D eigenvalue weighted by molar-refractivity contribution is -0.384. The summed E-state index contributed by atoms with van der Waals surface area (Å²) in [6.07, 6.45) is 1.25. The number of amides is 1. The third kappa shape index (κ3) is 6.31. The highest BCUT2D eigenvalue weighted by Crippen LogP contribution is 2.26. The van der Waals surface area contributed by atoms with E-state index in [1.54, 1.807) is 0 Å². The summed E-state index contributed by atoms with van der Waals surface area (Å²) in [7, 11) is -4.25. The quantitative estimate of drug-likeness (QED) is 0.247. The van der Waals surface area contributed by atoms with E-state index in [9.17, 15) is 32.5 Å². The topological polar surface area (TPSA) is 145 Å². The van der Waals surface area contributed by atoms with Gasteiger partial charge in [-0.05, 0) is 24.3 Å². The van der Waals surface area contributed by atoms with Crippen molar-refractivity contribution in [3.8, 4) is 0 Å². The Kier molecular flexibility index (Phi) is 7.80. The molecule has 13 heteroatoms. The van der Waals surface area contributed by atoms with Gasteiger partial charge in [-0.2, -0.15) is 0 Å². The van der Waals surface area contributed by atoms with E-state index in [4.69, 9.17) is 16.3 Å². The molecule has 10 nitrogen and oxygen atoms in total. The molecule has 0 saturated heterocycles. The zero-order chi connectivity index (χ0) is 23.2. The van der Waals surface area contributed by atoms with E-state index in [-0.39, 0.29) is 28.5 Å². The fraction of sp³-hybridized carbons (Fsp3) is 0.111. The van der Waals surface area contributed by atoms with Crippen molar-refractivity contribution < 1.29 is 32.1 Å².